The van der Waals surface area contributed by atoms with E-state index in [2.05, 4.69) is 5.32 Å². The second-order valence-corrected chi connectivity index (χ2v) is 7.29. The van der Waals surface area contributed by atoms with Crippen LogP contribution in [0.1, 0.15) is 23.7 Å². The van der Waals surface area contributed by atoms with Crippen LogP contribution in [0.15, 0.2) is 59.5 Å². The van der Waals surface area contributed by atoms with Crippen molar-refractivity contribution in [2.75, 3.05) is 6.54 Å². The zero-order valence-electron chi connectivity index (χ0n) is 13.7. The van der Waals surface area contributed by atoms with Crippen molar-refractivity contribution in [2.45, 2.75) is 29.0 Å². The molecule has 1 amide bonds. The molecular weight excluding hydrogens is 359 g/mol. The minimum absolute atomic E-state index is 0. The molecule has 0 aliphatic heterocycles. The molecule has 2 aromatic carbocycles. The van der Waals surface area contributed by atoms with Gasteiger partial charge in [-0.1, -0.05) is 30.3 Å². The van der Waals surface area contributed by atoms with Gasteiger partial charge in [0, 0.05) is 17.5 Å². The van der Waals surface area contributed by atoms with Crippen LogP contribution in [0.2, 0.25) is 0 Å². The first kappa shape index (κ1) is 19.8. The number of halogens is 2. The van der Waals surface area contributed by atoms with Gasteiger partial charge in [-0.25, -0.2) is 4.39 Å². The summed E-state index contributed by atoms with van der Waals surface area (Å²) in [5.41, 5.74) is 6.99. The second-order valence-electron chi connectivity index (χ2n) is 6.11. The lowest BCUT2D eigenvalue weighted by atomic mass is 10.1. The summed E-state index contributed by atoms with van der Waals surface area (Å²) >= 11 is 1.41. The maximum absolute atomic E-state index is 13.1. The molecule has 3 rings (SSSR count). The predicted octanol–water partition coefficient (Wildman–Crippen LogP) is 3.93. The van der Waals surface area contributed by atoms with E-state index in [9.17, 15) is 9.18 Å². The average Bonchev–Trinajstić information content (AvgIpc) is 3.45. The van der Waals surface area contributed by atoms with Crippen LogP contribution in [0.25, 0.3) is 0 Å². The largest absolute Gasteiger partial charge is 0.353 e. The number of rotatable bonds is 7. The second kappa shape index (κ2) is 9.22. The molecule has 0 bridgehead atoms. The fourth-order valence-corrected chi connectivity index (χ4v) is 3.60. The van der Waals surface area contributed by atoms with Gasteiger partial charge in [-0.15, -0.1) is 24.2 Å². The number of nitrogens with two attached hydrogens (primary N) is 1. The molecule has 6 heteroatoms. The fraction of sp³-hybridized carbons (Fsp3) is 0.316. The Balaban J connectivity index is 0.00000225. The van der Waals surface area contributed by atoms with E-state index < -0.39 is 0 Å². The summed E-state index contributed by atoms with van der Waals surface area (Å²) in [7, 11) is 0. The van der Waals surface area contributed by atoms with Crippen LogP contribution >= 0.6 is 24.2 Å². The Bertz CT molecular complexity index is 680. The van der Waals surface area contributed by atoms with E-state index in [0.717, 1.165) is 23.3 Å². The molecule has 2 unspecified atom stereocenters. The number of hydrogen-bond donors (Lipinski definition) is 2. The predicted molar refractivity (Wildman–Crippen MR) is 102 cm³/mol. The molecule has 25 heavy (non-hydrogen) atoms. The molecule has 0 radical (unpaired) electrons. The van der Waals surface area contributed by atoms with Crippen LogP contribution in [0.4, 0.5) is 4.39 Å². The average molecular weight is 381 g/mol. The fourth-order valence-electron chi connectivity index (χ4n) is 2.55. The number of thioether (sulfide) groups is 1. The third-order valence-corrected chi connectivity index (χ3v) is 5.41. The highest BCUT2D eigenvalue weighted by atomic mass is 35.5. The number of nitrogens with one attached hydrogen (secondary N) is 1. The number of benzene rings is 2. The first-order valence-corrected chi connectivity index (χ1v) is 9.02. The lowest BCUT2D eigenvalue weighted by Gasteiger charge is -2.19. The van der Waals surface area contributed by atoms with E-state index >= 15 is 0 Å². The standard InChI is InChI=1S/C19H21FN2OS.ClH/c20-15-8-10-16(11-9-15)24-18(14-4-2-1-3-5-14)19(23)22-12-17(21)13-6-7-13;/h1-5,8-11,13,17-18H,6-7,12,21H2,(H,22,23);1H. The third kappa shape index (κ3) is 5.73. The number of carbonyl (C=O) groups excluding carboxylic acids is 1. The van der Waals surface area contributed by atoms with E-state index in [4.69, 9.17) is 5.73 Å². The molecule has 134 valence electrons. The van der Waals surface area contributed by atoms with E-state index in [-0.39, 0.29) is 35.4 Å². The van der Waals surface area contributed by atoms with Crippen molar-refractivity contribution in [1.82, 2.24) is 5.32 Å². The molecule has 2 atom stereocenters. The van der Waals surface area contributed by atoms with Gasteiger partial charge in [0.05, 0.1) is 0 Å². The minimum Gasteiger partial charge on any atom is -0.353 e. The molecule has 0 saturated heterocycles. The monoisotopic (exact) mass is 380 g/mol. The molecule has 3 nitrogen and oxygen atoms in total. The van der Waals surface area contributed by atoms with Gasteiger partial charge in [-0.3, -0.25) is 4.79 Å². The summed E-state index contributed by atoms with van der Waals surface area (Å²) in [5.74, 6) is 0.201. The van der Waals surface area contributed by atoms with E-state index in [1.807, 2.05) is 30.3 Å². The normalized spacial score (nSPS) is 15.8. The van der Waals surface area contributed by atoms with Gasteiger partial charge in [0.2, 0.25) is 5.91 Å². The molecule has 1 aliphatic rings. The zero-order valence-corrected chi connectivity index (χ0v) is 15.4. The molecular formula is C19H22ClFN2OS. The third-order valence-electron chi connectivity index (χ3n) is 4.15. The summed E-state index contributed by atoms with van der Waals surface area (Å²) < 4.78 is 13.1. The first-order valence-electron chi connectivity index (χ1n) is 8.14. The van der Waals surface area contributed by atoms with Crippen molar-refractivity contribution in [1.29, 1.82) is 0 Å². The summed E-state index contributed by atoms with van der Waals surface area (Å²) in [5, 5.41) is 2.59. The van der Waals surface area contributed by atoms with E-state index in [0.29, 0.717) is 12.5 Å². The molecule has 0 heterocycles. The highest BCUT2D eigenvalue weighted by molar-refractivity contribution is 8.00. The molecule has 0 aromatic heterocycles. The van der Waals surface area contributed by atoms with Crippen molar-refractivity contribution < 1.29 is 9.18 Å². The Kier molecular flexibility index (Phi) is 7.29. The summed E-state index contributed by atoms with van der Waals surface area (Å²) in [6, 6.07) is 15.8. The van der Waals surface area contributed by atoms with Crippen molar-refractivity contribution in [3.63, 3.8) is 0 Å². The van der Waals surface area contributed by atoms with Crippen LogP contribution in [0.3, 0.4) is 0 Å². The van der Waals surface area contributed by atoms with Crippen molar-refractivity contribution in [2.24, 2.45) is 11.7 Å². The minimum atomic E-state index is -0.386. The Morgan fingerprint density at radius 3 is 2.40 bits per heavy atom. The highest BCUT2D eigenvalue weighted by Gasteiger charge is 2.29. The van der Waals surface area contributed by atoms with Gasteiger partial charge in [-0.05, 0) is 48.6 Å². The Labute approximate surface area is 158 Å². The Morgan fingerprint density at radius 1 is 1.16 bits per heavy atom. The highest BCUT2D eigenvalue weighted by Crippen LogP contribution is 2.36. The SMILES string of the molecule is Cl.NC(CNC(=O)C(Sc1ccc(F)cc1)c1ccccc1)C1CC1. The lowest BCUT2D eigenvalue weighted by Crippen LogP contribution is -2.40. The number of hydrogen-bond acceptors (Lipinski definition) is 3. The summed E-state index contributed by atoms with van der Waals surface area (Å²) in [4.78, 5) is 13.6. The van der Waals surface area contributed by atoms with Crippen LogP contribution < -0.4 is 11.1 Å². The van der Waals surface area contributed by atoms with Gasteiger partial charge in [-0.2, -0.15) is 0 Å². The lowest BCUT2D eigenvalue weighted by molar-refractivity contribution is -0.120. The van der Waals surface area contributed by atoms with Crippen LogP contribution in [-0.2, 0) is 4.79 Å². The van der Waals surface area contributed by atoms with Gasteiger partial charge < -0.3 is 11.1 Å². The summed E-state index contributed by atoms with van der Waals surface area (Å²) in [6.07, 6.45) is 2.31. The Morgan fingerprint density at radius 2 is 1.80 bits per heavy atom. The number of amides is 1. The van der Waals surface area contributed by atoms with Crippen molar-refractivity contribution in [3.05, 3.63) is 66.0 Å². The first-order chi connectivity index (χ1) is 11.6. The van der Waals surface area contributed by atoms with Crippen molar-refractivity contribution in [3.8, 4) is 0 Å². The maximum Gasteiger partial charge on any atom is 0.238 e. The summed E-state index contributed by atoms with van der Waals surface area (Å²) in [6.45, 7) is 0.497. The molecule has 1 aliphatic carbocycles. The smallest absolute Gasteiger partial charge is 0.238 e. The maximum atomic E-state index is 13.1. The van der Waals surface area contributed by atoms with Crippen LogP contribution in [-0.4, -0.2) is 18.5 Å². The van der Waals surface area contributed by atoms with Gasteiger partial charge >= 0.3 is 0 Å². The van der Waals surface area contributed by atoms with Gasteiger partial charge in [0.15, 0.2) is 0 Å². The molecule has 0 spiro atoms. The van der Waals surface area contributed by atoms with Crippen molar-refractivity contribution >= 4 is 30.1 Å². The molecule has 2 aromatic rings. The molecule has 3 N–H and O–H groups in total. The van der Waals surface area contributed by atoms with Crippen LogP contribution in [0.5, 0.6) is 0 Å². The Hall–Kier alpha value is -1.56. The number of carbonyl (C=O) groups is 1. The zero-order chi connectivity index (χ0) is 16.9. The topological polar surface area (TPSA) is 55.1 Å². The molecule has 1 saturated carbocycles. The van der Waals surface area contributed by atoms with Gasteiger partial charge in [0.25, 0.3) is 0 Å². The van der Waals surface area contributed by atoms with Crippen LogP contribution in [0, 0.1) is 11.7 Å². The van der Waals surface area contributed by atoms with Gasteiger partial charge in [0.1, 0.15) is 11.1 Å². The molecule has 1 fully saturated rings. The van der Waals surface area contributed by atoms with E-state index in [1.54, 1.807) is 12.1 Å². The van der Waals surface area contributed by atoms with E-state index in [1.165, 1.54) is 23.9 Å². The quantitative estimate of drug-likeness (QED) is 0.715.